The highest BCUT2D eigenvalue weighted by Crippen LogP contribution is 2.25. The van der Waals surface area contributed by atoms with Crippen molar-refractivity contribution in [1.82, 2.24) is 0 Å². The Hall–Kier alpha value is -3.17. The molecule has 2 aromatic rings. The van der Waals surface area contributed by atoms with E-state index in [9.17, 15) is 36.6 Å². The van der Waals surface area contributed by atoms with Gasteiger partial charge in [-0.15, -0.1) is 0 Å². The summed E-state index contributed by atoms with van der Waals surface area (Å²) in [5, 5.41) is 19.9. The topological polar surface area (TPSA) is 86.6 Å². The van der Waals surface area contributed by atoms with Crippen molar-refractivity contribution in [1.29, 1.82) is 0 Å². The molecule has 0 aliphatic carbocycles. The monoisotopic (exact) mass is 347 g/mol. The average molecular weight is 347 g/mol. The van der Waals surface area contributed by atoms with Gasteiger partial charge in [-0.2, -0.15) is 0 Å². The van der Waals surface area contributed by atoms with Gasteiger partial charge in [0, 0.05) is 5.69 Å². The number of carbonyl (C=O) groups is 2. The molecular weight excluding hydrogens is 341 g/mol. The van der Waals surface area contributed by atoms with Crippen LogP contribution in [0.15, 0.2) is 18.2 Å². The fourth-order valence-corrected chi connectivity index (χ4v) is 1.78. The van der Waals surface area contributed by atoms with E-state index in [1.54, 1.807) is 5.32 Å². The number of aromatic hydroxyl groups is 1. The Morgan fingerprint density at radius 3 is 1.88 bits per heavy atom. The van der Waals surface area contributed by atoms with Crippen molar-refractivity contribution in [2.45, 2.75) is 0 Å². The second kappa shape index (κ2) is 6.14. The molecule has 0 heterocycles. The summed E-state index contributed by atoms with van der Waals surface area (Å²) in [6, 6.07) is 2.56. The van der Waals surface area contributed by atoms with Crippen LogP contribution in [0.3, 0.4) is 0 Å². The lowest BCUT2D eigenvalue weighted by molar-refractivity contribution is 0.0693. The predicted molar refractivity (Wildman–Crippen MR) is 69.3 cm³/mol. The highest BCUT2D eigenvalue weighted by atomic mass is 19.2. The van der Waals surface area contributed by atoms with E-state index >= 15 is 0 Å². The molecule has 0 unspecified atom stereocenters. The molecule has 2 rings (SSSR count). The van der Waals surface area contributed by atoms with Crippen LogP contribution >= 0.6 is 0 Å². The summed E-state index contributed by atoms with van der Waals surface area (Å²) >= 11 is 0. The standard InChI is InChI=1S/C14H6F5NO4/c15-8-7(9(16)11(18)12(19)10(8)17)13(22)20-4-1-2-6(21)5(3-4)14(23)24/h1-3,21H,(H,20,22)(H,23,24). The molecule has 126 valence electrons. The second-order valence-corrected chi connectivity index (χ2v) is 4.44. The van der Waals surface area contributed by atoms with E-state index < -0.39 is 57.8 Å². The van der Waals surface area contributed by atoms with E-state index in [2.05, 4.69) is 0 Å². The lowest BCUT2D eigenvalue weighted by Crippen LogP contribution is -2.19. The Labute approximate surface area is 130 Å². The third-order valence-corrected chi connectivity index (χ3v) is 2.92. The van der Waals surface area contributed by atoms with Crippen molar-refractivity contribution in [3.05, 3.63) is 58.4 Å². The van der Waals surface area contributed by atoms with Crippen LogP contribution in [-0.4, -0.2) is 22.1 Å². The number of carbonyl (C=O) groups excluding carboxylic acids is 1. The quantitative estimate of drug-likeness (QED) is 0.345. The van der Waals surface area contributed by atoms with Gasteiger partial charge in [0.2, 0.25) is 5.82 Å². The third kappa shape index (κ3) is 2.85. The van der Waals surface area contributed by atoms with E-state index in [1.165, 1.54) is 0 Å². The number of halogens is 5. The third-order valence-electron chi connectivity index (χ3n) is 2.92. The molecule has 10 heteroatoms. The summed E-state index contributed by atoms with van der Waals surface area (Å²) in [7, 11) is 0. The van der Waals surface area contributed by atoms with Gasteiger partial charge >= 0.3 is 5.97 Å². The Balaban J connectivity index is 2.45. The van der Waals surface area contributed by atoms with Gasteiger partial charge < -0.3 is 15.5 Å². The summed E-state index contributed by atoms with van der Waals surface area (Å²) in [6.45, 7) is 0. The number of carboxylic acid groups (broad SMARTS) is 1. The zero-order valence-corrected chi connectivity index (χ0v) is 11.3. The summed E-state index contributed by atoms with van der Waals surface area (Å²) in [5.41, 5.74) is -2.72. The summed E-state index contributed by atoms with van der Waals surface area (Å²) in [6.07, 6.45) is 0. The SMILES string of the molecule is O=C(O)c1cc(NC(=O)c2c(F)c(F)c(F)c(F)c2F)ccc1O. The van der Waals surface area contributed by atoms with Crippen LogP contribution in [0, 0.1) is 29.1 Å². The van der Waals surface area contributed by atoms with Gasteiger partial charge in [0.05, 0.1) is 0 Å². The first kappa shape index (κ1) is 17.2. The summed E-state index contributed by atoms with van der Waals surface area (Å²) in [4.78, 5) is 22.6. The molecule has 24 heavy (non-hydrogen) atoms. The van der Waals surface area contributed by atoms with Crippen molar-refractivity contribution in [2.24, 2.45) is 0 Å². The Bertz CT molecular complexity index is 840. The number of anilines is 1. The molecule has 0 spiro atoms. The van der Waals surface area contributed by atoms with Crippen LogP contribution in [0.1, 0.15) is 20.7 Å². The molecule has 5 nitrogen and oxygen atoms in total. The molecule has 0 saturated heterocycles. The van der Waals surface area contributed by atoms with Crippen LogP contribution in [0.5, 0.6) is 5.75 Å². The van der Waals surface area contributed by atoms with Gasteiger partial charge in [-0.05, 0) is 18.2 Å². The van der Waals surface area contributed by atoms with Crippen molar-refractivity contribution in [2.75, 3.05) is 5.32 Å². The first-order chi connectivity index (χ1) is 11.1. The molecule has 0 radical (unpaired) electrons. The number of hydrogen-bond donors (Lipinski definition) is 3. The molecule has 0 atom stereocenters. The number of carboxylic acids is 1. The van der Waals surface area contributed by atoms with Gasteiger partial charge in [0.25, 0.3) is 5.91 Å². The van der Waals surface area contributed by atoms with Crippen molar-refractivity contribution in [3.8, 4) is 5.75 Å². The maximum atomic E-state index is 13.5. The lowest BCUT2D eigenvalue weighted by Gasteiger charge is -2.10. The molecule has 0 aliphatic heterocycles. The first-order valence-electron chi connectivity index (χ1n) is 6.04. The minimum absolute atomic E-state index is 0.348. The van der Waals surface area contributed by atoms with E-state index in [-0.39, 0.29) is 5.69 Å². The highest BCUT2D eigenvalue weighted by molar-refractivity contribution is 6.05. The van der Waals surface area contributed by atoms with E-state index in [1.807, 2.05) is 0 Å². The zero-order valence-electron chi connectivity index (χ0n) is 11.3. The summed E-state index contributed by atoms with van der Waals surface area (Å²) in [5.74, 6) is -15.6. The Kier molecular flexibility index (Phi) is 4.40. The van der Waals surface area contributed by atoms with Gasteiger partial charge in [-0.25, -0.2) is 26.7 Å². The molecule has 1 amide bonds. The Morgan fingerprint density at radius 2 is 1.38 bits per heavy atom. The smallest absolute Gasteiger partial charge is 0.339 e. The van der Waals surface area contributed by atoms with Crippen molar-refractivity contribution >= 4 is 17.6 Å². The van der Waals surface area contributed by atoms with E-state index in [4.69, 9.17) is 5.11 Å². The first-order valence-corrected chi connectivity index (χ1v) is 6.04. The highest BCUT2D eigenvalue weighted by Gasteiger charge is 2.29. The van der Waals surface area contributed by atoms with Crippen LogP contribution in [-0.2, 0) is 0 Å². The lowest BCUT2D eigenvalue weighted by atomic mass is 10.1. The second-order valence-electron chi connectivity index (χ2n) is 4.44. The number of benzene rings is 2. The maximum Gasteiger partial charge on any atom is 0.339 e. The molecule has 2 aromatic carbocycles. The van der Waals surface area contributed by atoms with Gasteiger partial charge in [0.15, 0.2) is 23.3 Å². The summed E-state index contributed by atoms with van der Waals surface area (Å²) < 4.78 is 66.1. The number of hydrogen-bond acceptors (Lipinski definition) is 3. The largest absolute Gasteiger partial charge is 0.507 e. The fraction of sp³-hybridized carbons (Fsp3) is 0. The maximum absolute atomic E-state index is 13.5. The van der Waals surface area contributed by atoms with Crippen molar-refractivity contribution in [3.63, 3.8) is 0 Å². The Morgan fingerprint density at radius 1 is 0.875 bits per heavy atom. The van der Waals surface area contributed by atoms with Crippen molar-refractivity contribution < 1.29 is 41.8 Å². The van der Waals surface area contributed by atoms with Gasteiger partial charge in [-0.1, -0.05) is 0 Å². The van der Waals surface area contributed by atoms with Crippen LogP contribution in [0.4, 0.5) is 27.6 Å². The molecule has 0 aliphatic rings. The van der Waals surface area contributed by atoms with Gasteiger partial charge in [-0.3, -0.25) is 4.79 Å². The van der Waals surface area contributed by atoms with Crippen LogP contribution < -0.4 is 5.32 Å². The number of nitrogens with one attached hydrogen (secondary N) is 1. The number of amides is 1. The molecule has 0 saturated carbocycles. The van der Waals surface area contributed by atoms with E-state index in [0.717, 1.165) is 18.2 Å². The number of aromatic carboxylic acids is 1. The minimum atomic E-state index is -2.42. The molecule has 0 aromatic heterocycles. The van der Waals surface area contributed by atoms with Gasteiger partial charge in [0.1, 0.15) is 16.9 Å². The predicted octanol–water partition coefficient (Wildman–Crippen LogP) is 3.04. The minimum Gasteiger partial charge on any atom is -0.507 e. The number of rotatable bonds is 3. The van der Waals surface area contributed by atoms with Crippen LogP contribution in [0.25, 0.3) is 0 Å². The van der Waals surface area contributed by atoms with Crippen LogP contribution in [0.2, 0.25) is 0 Å². The molecular formula is C14H6F5NO4. The fourth-order valence-electron chi connectivity index (χ4n) is 1.78. The van der Waals surface area contributed by atoms with E-state index in [0.29, 0.717) is 0 Å². The normalized spacial score (nSPS) is 10.5. The zero-order chi connectivity index (χ0) is 18.2. The molecule has 0 fully saturated rings. The average Bonchev–Trinajstić information content (AvgIpc) is 2.52. The number of phenols is 1. The molecule has 3 N–H and O–H groups in total. The molecule has 0 bridgehead atoms.